The molecule has 0 amide bonds. The zero-order chi connectivity index (χ0) is 6.43. The van der Waals surface area contributed by atoms with Gasteiger partial charge >= 0.3 is 0 Å². The molecular formula is C5H8ClN3. The van der Waals surface area contributed by atoms with Crippen LogP contribution in [-0.2, 0) is 0 Å². The minimum absolute atomic E-state index is 0.0996. The molecule has 0 radical (unpaired) electrons. The van der Waals surface area contributed by atoms with Gasteiger partial charge in [-0.05, 0) is 0 Å². The predicted molar refractivity (Wildman–Crippen MR) is 36.6 cm³/mol. The largest absolute Gasteiger partial charge is 0.375 e. The minimum atomic E-state index is -0.0996. The van der Waals surface area contributed by atoms with Crippen molar-refractivity contribution < 1.29 is 0 Å². The van der Waals surface area contributed by atoms with Crippen LogP contribution in [0.2, 0.25) is 0 Å². The van der Waals surface area contributed by atoms with Crippen LogP contribution in [0, 0.1) is 0 Å². The highest BCUT2D eigenvalue weighted by Crippen LogP contribution is 2.30. The molecule has 2 aliphatic heterocycles. The van der Waals surface area contributed by atoms with Crippen molar-refractivity contribution in [2.45, 2.75) is 11.7 Å². The molecule has 3 atom stereocenters. The highest BCUT2D eigenvalue weighted by molar-refractivity contribution is 6.22. The topological polar surface area (TPSA) is 27.4 Å². The number of hydrogen-bond acceptors (Lipinski definition) is 3. The van der Waals surface area contributed by atoms with E-state index in [1.54, 1.807) is 0 Å². The molecule has 0 aliphatic carbocycles. The highest BCUT2D eigenvalue weighted by atomic mass is 35.5. The molecule has 0 aromatic heterocycles. The summed E-state index contributed by atoms with van der Waals surface area (Å²) in [5.41, 5.74) is -0.0996. The van der Waals surface area contributed by atoms with Gasteiger partial charge in [0.25, 0.3) is 0 Å². The zero-order valence-electron chi connectivity index (χ0n) is 5.13. The Morgan fingerprint density at radius 1 is 1.89 bits per heavy atom. The van der Waals surface area contributed by atoms with Gasteiger partial charge < -0.3 is 5.32 Å². The normalized spacial score (nSPS) is 46.0. The van der Waals surface area contributed by atoms with Gasteiger partial charge in [-0.1, -0.05) is 11.6 Å². The van der Waals surface area contributed by atoms with Crippen LogP contribution < -0.4 is 5.32 Å². The van der Waals surface area contributed by atoms with E-state index in [2.05, 4.69) is 15.2 Å². The number of amidine groups is 1. The van der Waals surface area contributed by atoms with Crippen molar-refractivity contribution in [3.63, 3.8) is 0 Å². The molecule has 1 saturated heterocycles. The van der Waals surface area contributed by atoms with Crippen LogP contribution in [0.5, 0.6) is 0 Å². The maximum atomic E-state index is 5.78. The standard InChI is InChI=1S/C5H8ClN3/c1-7-4-3-2-9(3)5(6)8-4/h3,5H,2H2,1H3,(H,7,8). The summed E-state index contributed by atoms with van der Waals surface area (Å²) in [6, 6.07) is 0.512. The first-order chi connectivity index (χ1) is 4.33. The zero-order valence-corrected chi connectivity index (χ0v) is 5.89. The second kappa shape index (κ2) is 1.61. The fourth-order valence-electron chi connectivity index (χ4n) is 1.14. The number of rotatable bonds is 0. The van der Waals surface area contributed by atoms with Crippen LogP contribution in [0.25, 0.3) is 0 Å². The monoisotopic (exact) mass is 145 g/mol. The quantitative estimate of drug-likeness (QED) is 0.291. The summed E-state index contributed by atoms with van der Waals surface area (Å²) in [6.07, 6.45) is 0. The van der Waals surface area contributed by atoms with Gasteiger partial charge in [-0.25, -0.2) is 4.99 Å². The second-order valence-corrected chi connectivity index (χ2v) is 2.68. The van der Waals surface area contributed by atoms with Crippen LogP contribution in [0.15, 0.2) is 4.99 Å². The Bertz CT molecular complexity index is 168. The summed E-state index contributed by atoms with van der Waals surface area (Å²) in [4.78, 5) is 6.25. The van der Waals surface area contributed by atoms with Crippen molar-refractivity contribution in [3.8, 4) is 0 Å². The predicted octanol–water partition coefficient (Wildman–Crippen LogP) is -0.176. The molecule has 2 heterocycles. The molecule has 0 spiro atoms. The van der Waals surface area contributed by atoms with Crippen LogP contribution in [0.4, 0.5) is 0 Å². The SMILES string of the molecule is CNC1=NC(Cl)N2CC12. The van der Waals surface area contributed by atoms with Crippen molar-refractivity contribution in [2.75, 3.05) is 13.6 Å². The molecule has 1 fully saturated rings. The fourth-order valence-corrected chi connectivity index (χ4v) is 1.46. The van der Waals surface area contributed by atoms with E-state index in [-0.39, 0.29) is 5.62 Å². The van der Waals surface area contributed by atoms with Crippen molar-refractivity contribution in [2.24, 2.45) is 4.99 Å². The van der Waals surface area contributed by atoms with Gasteiger partial charge in [-0.2, -0.15) is 0 Å². The highest BCUT2D eigenvalue weighted by Gasteiger charge is 2.47. The summed E-state index contributed by atoms with van der Waals surface area (Å²) >= 11 is 5.78. The Morgan fingerprint density at radius 2 is 2.67 bits per heavy atom. The van der Waals surface area contributed by atoms with Crippen molar-refractivity contribution in [3.05, 3.63) is 0 Å². The number of fused-ring (bicyclic) bond motifs is 1. The number of alkyl halides is 1. The third kappa shape index (κ3) is 0.650. The smallest absolute Gasteiger partial charge is 0.180 e. The Hall–Kier alpha value is -0.280. The first-order valence-corrected chi connectivity index (χ1v) is 3.42. The lowest BCUT2D eigenvalue weighted by Gasteiger charge is -1.96. The van der Waals surface area contributed by atoms with Crippen LogP contribution in [-0.4, -0.2) is 36.0 Å². The average Bonchev–Trinajstić information content (AvgIpc) is 2.56. The molecule has 0 saturated carbocycles. The van der Waals surface area contributed by atoms with E-state index in [1.807, 2.05) is 7.05 Å². The Morgan fingerprint density at radius 3 is 2.89 bits per heavy atom. The van der Waals surface area contributed by atoms with E-state index in [0.29, 0.717) is 6.04 Å². The van der Waals surface area contributed by atoms with E-state index in [4.69, 9.17) is 11.6 Å². The van der Waals surface area contributed by atoms with Crippen LogP contribution >= 0.6 is 11.6 Å². The number of hydrogen-bond donors (Lipinski definition) is 1. The van der Waals surface area contributed by atoms with Crippen molar-refractivity contribution in [1.29, 1.82) is 0 Å². The summed E-state index contributed by atoms with van der Waals surface area (Å²) in [7, 11) is 1.88. The first-order valence-electron chi connectivity index (χ1n) is 2.98. The van der Waals surface area contributed by atoms with Crippen molar-refractivity contribution in [1.82, 2.24) is 10.2 Å². The molecule has 3 unspecified atom stereocenters. The van der Waals surface area contributed by atoms with Gasteiger partial charge in [0.15, 0.2) is 5.62 Å². The van der Waals surface area contributed by atoms with E-state index in [0.717, 1.165) is 12.4 Å². The van der Waals surface area contributed by atoms with Gasteiger partial charge in [-0.3, -0.25) is 4.90 Å². The third-order valence-electron chi connectivity index (χ3n) is 1.74. The van der Waals surface area contributed by atoms with E-state index in [9.17, 15) is 0 Å². The summed E-state index contributed by atoms with van der Waals surface area (Å²) in [5, 5.41) is 3.01. The number of likely N-dealkylation sites (N-methyl/N-ethyl adjacent to an activating group) is 1. The summed E-state index contributed by atoms with van der Waals surface area (Å²) in [6.45, 7) is 1.08. The van der Waals surface area contributed by atoms with E-state index in [1.165, 1.54) is 0 Å². The van der Waals surface area contributed by atoms with Crippen LogP contribution in [0.1, 0.15) is 0 Å². The molecule has 0 bridgehead atoms. The molecule has 0 aromatic rings. The Balaban J connectivity index is 2.15. The van der Waals surface area contributed by atoms with Gasteiger partial charge in [0.1, 0.15) is 5.84 Å². The number of nitrogens with one attached hydrogen (secondary N) is 1. The number of nitrogens with zero attached hydrogens (tertiary/aromatic N) is 2. The number of halogens is 1. The fraction of sp³-hybridized carbons (Fsp3) is 0.800. The maximum Gasteiger partial charge on any atom is 0.180 e. The Labute approximate surface area is 58.7 Å². The van der Waals surface area contributed by atoms with Gasteiger partial charge in [0.05, 0.1) is 6.04 Å². The van der Waals surface area contributed by atoms with E-state index >= 15 is 0 Å². The van der Waals surface area contributed by atoms with E-state index < -0.39 is 0 Å². The summed E-state index contributed by atoms with van der Waals surface area (Å²) in [5.74, 6) is 1.04. The molecule has 2 rings (SSSR count). The third-order valence-corrected chi connectivity index (χ3v) is 2.09. The van der Waals surface area contributed by atoms with Gasteiger partial charge in [-0.15, -0.1) is 0 Å². The van der Waals surface area contributed by atoms with Crippen molar-refractivity contribution >= 4 is 17.4 Å². The molecule has 4 heteroatoms. The lowest BCUT2D eigenvalue weighted by molar-refractivity contribution is 0.537. The Kier molecular flexibility index (Phi) is 0.983. The molecule has 9 heavy (non-hydrogen) atoms. The van der Waals surface area contributed by atoms with Gasteiger partial charge in [0.2, 0.25) is 0 Å². The molecule has 3 nitrogen and oxygen atoms in total. The maximum absolute atomic E-state index is 5.78. The lowest BCUT2D eigenvalue weighted by atomic mass is 10.4. The van der Waals surface area contributed by atoms with Gasteiger partial charge in [0, 0.05) is 13.6 Å². The average molecular weight is 146 g/mol. The number of aliphatic imine (C=N–C) groups is 1. The first kappa shape index (κ1) is 5.50. The summed E-state index contributed by atoms with van der Waals surface area (Å²) < 4.78 is 0. The minimum Gasteiger partial charge on any atom is -0.375 e. The molecule has 0 aromatic carbocycles. The lowest BCUT2D eigenvalue weighted by Crippen LogP contribution is -2.22. The molecule has 50 valence electrons. The molecule has 2 aliphatic rings. The second-order valence-electron chi connectivity index (χ2n) is 2.29. The molecular weight excluding hydrogens is 138 g/mol. The molecule has 1 N–H and O–H groups in total. The van der Waals surface area contributed by atoms with Crippen LogP contribution in [0.3, 0.4) is 0 Å².